The second kappa shape index (κ2) is 6.31. The zero-order valence-electron chi connectivity index (χ0n) is 12.0. The van der Waals surface area contributed by atoms with E-state index in [-0.39, 0.29) is 29.1 Å². The summed E-state index contributed by atoms with van der Waals surface area (Å²) in [4.78, 5) is 26.5. The molecule has 0 spiro atoms. The summed E-state index contributed by atoms with van der Waals surface area (Å²) in [6.45, 7) is 6.34. The molecule has 20 heavy (non-hydrogen) atoms. The van der Waals surface area contributed by atoms with Crippen LogP contribution in [0.2, 0.25) is 0 Å². The van der Waals surface area contributed by atoms with Gasteiger partial charge in [-0.3, -0.25) is 9.69 Å². The van der Waals surface area contributed by atoms with E-state index in [1.54, 1.807) is 11.8 Å². The van der Waals surface area contributed by atoms with Gasteiger partial charge in [-0.2, -0.15) is 0 Å². The maximum atomic E-state index is 12.2. The molecule has 108 valence electrons. The summed E-state index contributed by atoms with van der Waals surface area (Å²) >= 11 is 1.67. The van der Waals surface area contributed by atoms with Gasteiger partial charge in [-0.25, -0.2) is 4.79 Å². The van der Waals surface area contributed by atoms with Crippen LogP contribution >= 0.6 is 11.8 Å². The van der Waals surface area contributed by atoms with Gasteiger partial charge in [-0.1, -0.05) is 39.0 Å². The third-order valence-corrected chi connectivity index (χ3v) is 4.34. The first kappa shape index (κ1) is 14.9. The summed E-state index contributed by atoms with van der Waals surface area (Å²) in [6.07, 6.45) is 0. The average molecular weight is 292 g/mol. The molecule has 0 radical (unpaired) electrons. The number of amides is 3. The van der Waals surface area contributed by atoms with Crippen molar-refractivity contribution in [3.8, 4) is 0 Å². The summed E-state index contributed by atoms with van der Waals surface area (Å²) < 4.78 is 0. The molecule has 3 amide bonds. The molecule has 1 N–H and O–H groups in total. The fourth-order valence-electron chi connectivity index (χ4n) is 2.19. The number of carbonyl (C=O) groups is 2. The number of hydrogen-bond donors (Lipinski definition) is 1. The van der Waals surface area contributed by atoms with Gasteiger partial charge in [0.1, 0.15) is 6.04 Å². The predicted octanol–water partition coefficient (Wildman–Crippen LogP) is 2.74. The van der Waals surface area contributed by atoms with Crippen LogP contribution in [0.5, 0.6) is 0 Å². The molecule has 1 saturated heterocycles. The van der Waals surface area contributed by atoms with E-state index in [1.165, 1.54) is 4.90 Å². The Bertz CT molecular complexity index is 490. The molecule has 1 aromatic rings. The molecule has 4 nitrogen and oxygen atoms in total. The van der Waals surface area contributed by atoms with Crippen molar-refractivity contribution in [2.75, 3.05) is 6.54 Å². The fraction of sp³-hybridized carbons (Fsp3) is 0.467. The Kier molecular flexibility index (Phi) is 4.70. The Balaban J connectivity index is 1.96. The molecule has 0 bridgehead atoms. The van der Waals surface area contributed by atoms with Crippen LogP contribution in [-0.2, 0) is 4.79 Å². The number of thioether (sulfide) groups is 1. The Hall–Kier alpha value is -1.49. The molecule has 0 aromatic heterocycles. The summed E-state index contributed by atoms with van der Waals surface area (Å²) in [5, 5.41) is 2.92. The van der Waals surface area contributed by atoms with Crippen LogP contribution in [0.1, 0.15) is 20.8 Å². The number of nitrogens with one attached hydrogen (secondary N) is 1. The Labute approximate surface area is 123 Å². The summed E-state index contributed by atoms with van der Waals surface area (Å²) in [6, 6.07) is 9.35. The number of urea groups is 1. The highest BCUT2D eigenvalue weighted by atomic mass is 32.2. The molecule has 1 heterocycles. The smallest absolute Gasteiger partial charge is 0.324 e. The van der Waals surface area contributed by atoms with Gasteiger partial charge in [0.15, 0.2) is 0 Å². The Morgan fingerprint density at radius 1 is 1.20 bits per heavy atom. The van der Waals surface area contributed by atoms with Crippen molar-refractivity contribution in [3.63, 3.8) is 0 Å². The van der Waals surface area contributed by atoms with Crippen LogP contribution in [0.3, 0.4) is 0 Å². The van der Waals surface area contributed by atoms with Gasteiger partial charge in [0.25, 0.3) is 5.91 Å². The molecule has 1 unspecified atom stereocenters. The van der Waals surface area contributed by atoms with Crippen molar-refractivity contribution in [1.29, 1.82) is 0 Å². The highest BCUT2D eigenvalue weighted by molar-refractivity contribution is 8.00. The fourth-order valence-corrected chi connectivity index (χ4v) is 3.19. The molecule has 2 rings (SSSR count). The van der Waals surface area contributed by atoms with Gasteiger partial charge in [-0.05, 0) is 18.1 Å². The van der Waals surface area contributed by atoms with Gasteiger partial charge < -0.3 is 5.32 Å². The summed E-state index contributed by atoms with van der Waals surface area (Å²) in [5.74, 6) is 0.0130. The second-order valence-corrected chi connectivity index (χ2v) is 6.87. The van der Waals surface area contributed by atoms with E-state index in [1.807, 2.05) is 51.1 Å². The molecule has 0 aliphatic carbocycles. The highest BCUT2D eigenvalue weighted by Crippen LogP contribution is 2.24. The third-order valence-electron chi connectivity index (χ3n) is 3.24. The Morgan fingerprint density at radius 3 is 2.40 bits per heavy atom. The number of benzene rings is 1. The number of imide groups is 1. The minimum Gasteiger partial charge on any atom is -0.326 e. The van der Waals surface area contributed by atoms with Crippen molar-refractivity contribution < 1.29 is 9.59 Å². The van der Waals surface area contributed by atoms with Crippen LogP contribution in [0.25, 0.3) is 0 Å². The first-order valence-electron chi connectivity index (χ1n) is 6.82. The SMILES string of the molecule is CC(CN1C(=O)N[C@@H](C(C)C)C1=O)Sc1ccccc1. The Morgan fingerprint density at radius 2 is 1.85 bits per heavy atom. The maximum Gasteiger partial charge on any atom is 0.324 e. The minimum absolute atomic E-state index is 0.106. The highest BCUT2D eigenvalue weighted by Gasteiger charge is 2.39. The van der Waals surface area contributed by atoms with Gasteiger partial charge in [0.05, 0.1) is 0 Å². The lowest BCUT2D eigenvalue weighted by atomic mass is 10.1. The summed E-state index contributed by atoms with van der Waals surface area (Å²) in [7, 11) is 0. The standard InChI is InChI=1S/C15H20N2O2S/c1-10(2)13-14(18)17(15(19)16-13)9-11(3)20-12-7-5-4-6-8-12/h4-8,10-11,13H,9H2,1-3H3,(H,16,19)/t11?,13-/m0/s1. The second-order valence-electron chi connectivity index (χ2n) is 5.36. The molecule has 1 aromatic carbocycles. The van der Waals surface area contributed by atoms with Crippen molar-refractivity contribution in [3.05, 3.63) is 30.3 Å². The lowest BCUT2D eigenvalue weighted by molar-refractivity contribution is -0.128. The van der Waals surface area contributed by atoms with E-state index in [9.17, 15) is 9.59 Å². The van der Waals surface area contributed by atoms with E-state index in [0.717, 1.165) is 4.90 Å². The monoisotopic (exact) mass is 292 g/mol. The topological polar surface area (TPSA) is 49.4 Å². The van der Waals surface area contributed by atoms with Crippen LogP contribution in [0.4, 0.5) is 4.79 Å². The minimum atomic E-state index is -0.378. The zero-order valence-corrected chi connectivity index (χ0v) is 12.8. The molecule has 2 atom stereocenters. The van der Waals surface area contributed by atoms with Crippen LogP contribution in [-0.4, -0.2) is 34.7 Å². The maximum absolute atomic E-state index is 12.2. The number of nitrogens with zero attached hydrogens (tertiary/aromatic N) is 1. The number of carbonyl (C=O) groups excluding carboxylic acids is 2. The van der Waals surface area contributed by atoms with E-state index < -0.39 is 0 Å². The predicted molar refractivity (Wildman–Crippen MR) is 80.6 cm³/mol. The van der Waals surface area contributed by atoms with Crippen molar-refractivity contribution in [1.82, 2.24) is 10.2 Å². The molecule has 5 heteroatoms. The molecule has 0 saturated carbocycles. The van der Waals surface area contributed by atoms with E-state index in [2.05, 4.69) is 5.32 Å². The van der Waals surface area contributed by atoms with Crippen molar-refractivity contribution >= 4 is 23.7 Å². The molecule has 1 aliphatic heterocycles. The van der Waals surface area contributed by atoms with Crippen molar-refractivity contribution in [2.45, 2.75) is 37.0 Å². The van der Waals surface area contributed by atoms with Crippen LogP contribution in [0, 0.1) is 5.92 Å². The van der Waals surface area contributed by atoms with Gasteiger partial charge in [-0.15, -0.1) is 11.8 Å². The van der Waals surface area contributed by atoms with E-state index in [4.69, 9.17) is 0 Å². The molecule has 1 aliphatic rings. The lowest BCUT2D eigenvalue weighted by Crippen LogP contribution is -2.37. The van der Waals surface area contributed by atoms with Crippen LogP contribution in [0.15, 0.2) is 35.2 Å². The van der Waals surface area contributed by atoms with Crippen molar-refractivity contribution in [2.24, 2.45) is 5.92 Å². The molecular weight excluding hydrogens is 272 g/mol. The van der Waals surface area contributed by atoms with E-state index in [0.29, 0.717) is 6.54 Å². The van der Waals surface area contributed by atoms with Gasteiger partial charge in [0.2, 0.25) is 0 Å². The quantitative estimate of drug-likeness (QED) is 0.670. The van der Waals surface area contributed by atoms with E-state index >= 15 is 0 Å². The zero-order chi connectivity index (χ0) is 14.7. The normalized spacial score (nSPS) is 20.4. The first-order valence-corrected chi connectivity index (χ1v) is 7.70. The average Bonchev–Trinajstić information content (AvgIpc) is 2.68. The first-order chi connectivity index (χ1) is 9.49. The number of rotatable bonds is 5. The third kappa shape index (κ3) is 3.33. The largest absolute Gasteiger partial charge is 0.326 e. The molecular formula is C15H20N2O2S. The number of hydrogen-bond acceptors (Lipinski definition) is 3. The molecule has 1 fully saturated rings. The van der Waals surface area contributed by atoms with Crippen LogP contribution < -0.4 is 5.32 Å². The van der Waals surface area contributed by atoms with Gasteiger partial charge in [0, 0.05) is 16.7 Å². The van der Waals surface area contributed by atoms with Gasteiger partial charge >= 0.3 is 6.03 Å². The lowest BCUT2D eigenvalue weighted by Gasteiger charge is -2.18. The summed E-state index contributed by atoms with van der Waals surface area (Å²) in [5.41, 5.74) is 0.